The summed E-state index contributed by atoms with van der Waals surface area (Å²) in [7, 11) is 0. The van der Waals surface area contributed by atoms with Gasteiger partial charge in [0.25, 0.3) is 0 Å². The molecule has 0 aliphatic heterocycles. The molecule has 0 amide bonds. The molecule has 0 aromatic heterocycles. The van der Waals surface area contributed by atoms with Crippen LogP contribution in [0.5, 0.6) is 0 Å². The molecule has 10 heavy (non-hydrogen) atoms. The number of benzene rings is 1. The van der Waals surface area contributed by atoms with E-state index in [4.69, 9.17) is 0 Å². The molecule has 1 aromatic carbocycles. The van der Waals surface area contributed by atoms with Crippen LogP contribution in [0.25, 0.3) is 0 Å². The highest BCUT2D eigenvalue weighted by Crippen LogP contribution is 2.30. The Hall–Kier alpha value is 0.620. The van der Waals surface area contributed by atoms with E-state index >= 15 is 0 Å². The van der Waals surface area contributed by atoms with Gasteiger partial charge in [0.1, 0.15) is 0 Å². The smallest absolute Gasteiger partial charge is 0.0319 e. The highest BCUT2D eigenvalue weighted by Gasteiger charge is 2.01. The Bertz CT molecular complexity index is 229. The van der Waals surface area contributed by atoms with Crippen LogP contribution in [0.1, 0.15) is 0 Å². The molecule has 0 nitrogen and oxygen atoms in total. The Kier molecular flexibility index (Phi) is 2.91. The molecule has 0 saturated heterocycles. The van der Waals surface area contributed by atoms with Crippen LogP contribution in [0.3, 0.4) is 0 Å². The second kappa shape index (κ2) is 3.34. The maximum Gasteiger partial charge on any atom is 0.0319 e. The highest BCUT2D eigenvalue weighted by molar-refractivity contribution is 7.86. The van der Waals surface area contributed by atoms with Crippen LogP contribution in [0.2, 0.25) is 0 Å². The number of rotatable bonds is 0. The van der Waals surface area contributed by atoms with Gasteiger partial charge in [0.2, 0.25) is 0 Å². The minimum Gasteiger partial charge on any atom is -0.142 e. The van der Waals surface area contributed by atoms with Gasteiger partial charge in [-0.1, -0.05) is 0 Å². The van der Waals surface area contributed by atoms with Crippen LogP contribution in [-0.2, 0) is 0 Å². The minimum absolute atomic E-state index is 0.777. The van der Waals surface area contributed by atoms with E-state index < -0.39 is 0 Å². The molecule has 0 fully saturated rings. The molecule has 4 heteroatoms. The lowest BCUT2D eigenvalue weighted by Crippen LogP contribution is -1.76. The van der Waals surface area contributed by atoms with E-state index in [9.17, 15) is 0 Å². The van der Waals surface area contributed by atoms with E-state index in [1.54, 1.807) is 0 Å². The molecular weight excluding hydrogens is 200 g/mol. The number of hydrogen-bond donors (Lipinski definition) is 4. The predicted octanol–water partition coefficient (Wildman–Crippen LogP) is 2.84. The average molecular weight is 206 g/mol. The normalized spacial score (nSPS) is 10.0. The average Bonchev–Trinajstić information content (AvgIpc) is 1.93. The van der Waals surface area contributed by atoms with E-state index in [0.29, 0.717) is 0 Å². The molecule has 0 aliphatic carbocycles. The van der Waals surface area contributed by atoms with Crippen LogP contribution >= 0.6 is 50.5 Å². The lowest BCUT2D eigenvalue weighted by atomic mass is 10.3. The Morgan fingerprint density at radius 1 is 0.700 bits per heavy atom. The number of thiol groups is 4. The molecule has 1 rings (SSSR count). The molecule has 0 saturated carbocycles. The molecular formula is C6H6S4. The first kappa shape index (κ1) is 8.71. The van der Waals surface area contributed by atoms with Gasteiger partial charge in [-0.2, -0.15) is 0 Å². The molecule has 54 valence electrons. The fourth-order valence-electron chi connectivity index (χ4n) is 0.558. The van der Waals surface area contributed by atoms with Gasteiger partial charge in [-0.25, -0.2) is 0 Å². The van der Waals surface area contributed by atoms with Gasteiger partial charge in [0.15, 0.2) is 0 Å². The molecule has 0 atom stereocenters. The Labute approximate surface area is 82.1 Å². The molecule has 1 aromatic rings. The maximum absolute atomic E-state index is 4.18. The summed E-state index contributed by atoms with van der Waals surface area (Å²) >= 11 is 16.7. The first-order chi connectivity index (χ1) is 4.63. The van der Waals surface area contributed by atoms with Crippen LogP contribution in [0.4, 0.5) is 0 Å². The topological polar surface area (TPSA) is 0 Å². The Balaban J connectivity index is 3.34. The zero-order valence-electron chi connectivity index (χ0n) is 4.94. The van der Waals surface area contributed by atoms with Gasteiger partial charge < -0.3 is 0 Å². The van der Waals surface area contributed by atoms with Crippen molar-refractivity contribution in [3.05, 3.63) is 12.1 Å². The molecule has 0 radical (unpaired) electrons. The fourth-order valence-corrected chi connectivity index (χ4v) is 1.50. The molecule has 0 unspecified atom stereocenters. The van der Waals surface area contributed by atoms with Gasteiger partial charge in [-0.3, -0.25) is 0 Å². The van der Waals surface area contributed by atoms with Crippen LogP contribution in [0.15, 0.2) is 31.7 Å². The van der Waals surface area contributed by atoms with Crippen molar-refractivity contribution in [2.24, 2.45) is 0 Å². The Morgan fingerprint density at radius 3 is 1.30 bits per heavy atom. The zero-order valence-corrected chi connectivity index (χ0v) is 8.52. The van der Waals surface area contributed by atoms with Crippen LogP contribution in [-0.4, -0.2) is 0 Å². The van der Waals surface area contributed by atoms with E-state index in [1.165, 1.54) is 0 Å². The third-order valence-corrected chi connectivity index (χ3v) is 3.31. The third kappa shape index (κ3) is 1.61. The molecule has 0 N–H and O–H groups in total. The van der Waals surface area contributed by atoms with E-state index in [-0.39, 0.29) is 0 Å². The van der Waals surface area contributed by atoms with Gasteiger partial charge in [-0.15, -0.1) is 50.5 Å². The summed E-state index contributed by atoms with van der Waals surface area (Å²) in [6.45, 7) is 0. The predicted molar refractivity (Wildman–Crippen MR) is 55.5 cm³/mol. The summed E-state index contributed by atoms with van der Waals surface area (Å²) < 4.78 is 0. The lowest BCUT2D eigenvalue weighted by molar-refractivity contribution is 1.05. The summed E-state index contributed by atoms with van der Waals surface area (Å²) in [5.41, 5.74) is 0. The first-order valence-electron chi connectivity index (χ1n) is 2.56. The quantitative estimate of drug-likeness (QED) is 0.461. The van der Waals surface area contributed by atoms with Crippen molar-refractivity contribution in [2.45, 2.75) is 19.6 Å². The second-order valence-electron chi connectivity index (χ2n) is 1.80. The van der Waals surface area contributed by atoms with Crippen molar-refractivity contribution in [1.29, 1.82) is 0 Å². The monoisotopic (exact) mass is 206 g/mol. The van der Waals surface area contributed by atoms with Crippen molar-refractivity contribution in [3.8, 4) is 0 Å². The van der Waals surface area contributed by atoms with Crippen LogP contribution < -0.4 is 0 Å². The van der Waals surface area contributed by atoms with Gasteiger partial charge in [0.05, 0.1) is 0 Å². The maximum atomic E-state index is 4.18. The lowest BCUT2D eigenvalue weighted by Gasteiger charge is -2.02. The van der Waals surface area contributed by atoms with Crippen LogP contribution in [0, 0.1) is 0 Å². The summed E-state index contributed by atoms with van der Waals surface area (Å²) in [5, 5.41) is 0. The van der Waals surface area contributed by atoms with Crippen molar-refractivity contribution >= 4 is 50.5 Å². The first-order valence-corrected chi connectivity index (χ1v) is 4.34. The van der Waals surface area contributed by atoms with Gasteiger partial charge in [-0.05, 0) is 12.1 Å². The number of hydrogen-bond acceptors (Lipinski definition) is 4. The zero-order chi connectivity index (χ0) is 7.72. The van der Waals surface area contributed by atoms with E-state index in [1.807, 2.05) is 12.1 Å². The largest absolute Gasteiger partial charge is 0.142 e. The van der Waals surface area contributed by atoms with Gasteiger partial charge in [0, 0.05) is 19.6 Å². The molecule has 0 spiro atoms. The molecule has 0 heterocycles. The SMILES string of the molecule is Sc1ccc(S)c(S)c1S. The molecule has 0 aliphatic rings. The summed E-state index contributed by atoms with van der Waals surface area (Å²) in [5.74, 6) is 0. The summed E-state index contributed by atoms with van der Waals surface area (Å²) in [6, 6.07) is 3.68. The third-order valence-electron chi connectivity index (χ3n) is 1.11. The Morgan fingerprint density at radius 2 is 1.00 bits per heavy atom. The van der Waals surface area contributed by atoms with E-state index in [0.717, 1.165) is 19.6 Å². The standard InChI is InChI=1S/C6H6S4/c7-3-1-2-4(8)6(10)5(3)9/h1-2,7-10H. The van der Waals surface area contributed by atoms with Crippen molar-refractivity contribution < 1.29 is 0 Å². The second-order valence-corrected chi connectivity index (χ2v) is 3.66. The summed E-state index contributed by atoms with van der Waals surface area (Å²) in [6.07, 6.45) is 0. The minimum atomic E-state index is 0.777. The van der Waals surface area contributed by atoms with Gasteiger partial charge >= 0.3 is 0 Å². The van der Waals surface area contributed by atoms with Crippen molar-refractivity contribution in [2.75, 3.05) is 0 Å². The highest BCUT2D eigenvalue weighted by atomic mass is 32.1. The summed E-state index contributed by atoms with van der Waals surface area (Å²) in [4.78, 5) is 3.20. The van der Waals surface area contributed by atoms with Crippen molar-refractivity contribution in [3.63, 3.8) is 0 Å². The van der Waals surface area contributed by atoms with E-state index in [2.05, 4.69) is 50.5 Å². The van der Waals surface area contributed by atoms with Crippen molar-refractivity contribution in [1.82, 2.24) is 0 Å². The molecule has 0 bridgehead atoms. The fraction of sp³-hybridized carbons (Fsp3) is 0.